The Balaban J connectivity index is 1.83. The molecule has 0 aliphatic carbocycles. The summed E-state index contributed by atoms with van der Waals surface area (Å²) in [5.41, 5.74) is 1.14. The van der Waals surface area contributed by atoms with Gasteiger partial charge in [0.1, 0.15) is 0 Å². The third kappa shape index (κ3) is 3.70. The van der Waals surface area contributed by atoms with Crippen LogP contribution in [-0.2, 0) is 6.42 Å². The smallest absolute Gasteiger partial charge is 0.0572 e. The minimum Gasteiger partial charge on any atom is -0.393 e. The monoisotopic (exact) mass is 253 g/mol. The van der Waals surface area contributed by atoms with Crippen molar-refractivity contribution in [2.75, 3.05) is 13.1 Å². The molecule has 1 fully saturated rings. The first kappa shape index (κ1) is 12.9. The molecule has 1 atom stereocenters. The average molecular weight is 254 g/mol. The summed E-state index contributed by atoms with van der Waals surface area (Å²) < 4.78 is 0. The predicted molar refractivity (Wildman–Crippen MR) is 71.4 cm³/mol. The van der Waals surface area contributed by atoms with E-state index in [2.05, 4.69) is 5.32 Å². The van der Waals surface area contributed by atoms with Crippen LogP contribution >= 0.6 is 11.6 Å². The fraction of sp³-hybridized carbons (Fsp3) is 0.571. The van der Waals surface area contributed by atoms with Crippen LogP contribution < -0.4 is 5.32 Å². The van der Waals surface area contributed by atoms with Crippen molar-refractivity contribution < 1.29 is 5.11 Å². The van der Waals surface area contributed by atoms with Crippen LogP contribution in [0.3, 0.4) is 0 Å². The Morgan fingerprint density at radius 1 is 1.29 bits per heavy atom. The Bertz CT molecular complexity index is 350. The van der Waals surface area contributed by atoms with Gasteiger partial charge in [0.05, 0.1) is 6.10 Å². The third-order valence-corrected chi connectivity index (χ3v) is 3.96. The number of aliphatic hydroxyl groups excluding tert-OH is 1. The van der Waals surface area contributed by atoms with Gasteiger partial charge < -0.3 is 10.4 Å². The highest BCUT2D eigenvalue weighted by atomic mass is 35.5. The van der Waals surface area contributed by atoms with Gasteiger partial charge in [0.2, 0.25) is 0 Å². The van der Waals surface area contributed by atoms with Crippen molar-refractivity contribution in [3.8, 4) is 0 Å². The normalized spacial score (nSPS) is 19.2. The molecule has 3 heteroatoms. The maximum absolute atomic E-state index is 10.2. The summed E-state index contributed by atoms with van der Waals surface area (Å²) in [6.45, 7) is 2.07. The number of nitrogens with one attached hydrogen (secondary N) is 1. The zero-order valence-electron chi connectivity index (χ0n) is 10.0. The number of aryl methyl sites for hydroxylation is 1. The molecule has 2 nitrogen and oxygen atoms in total. The second kappa shape index (κ2) is 6.39. The second-order valence-electron chi connectivity index (χ2n) is 4.78. The van der Waals surface area contributed by atoms with Crippen LogP contribution in [0.4, 0.5) is 0 Å². The third-order valence-electron chi connectivity index (χ3n) is 3.60. The quantitative estimate of drug-likeness (QED) is 0.865. The topological polar surface area (TPSA) is 32.3 Å². The van der Waals surface area contributed by atoms with Crippen LogP contribution in [0.25, 0.3) is 0 Å². The fourth-order valence-electron chi connectivity index (χ4n) is 2.47. The maximum Gasteiger partial charge on any atom is 0.0572 e. The number of rotatable bonds is 4. The molecule has 1 unspecified atom stereocenters. The van der Waals surface area contributed by atoms with Crippen LogP contribution in [0.1, 0.15) is 24.8 Å². The molecular weight excluding hydrogens is 234 g/mol. The van der Waals surface area contributed by atoms with Gasteiger partial charge in [-0.25, -0.2) is 0 Å². The summed E-state index contributed by atoms with van der Waals surface area (Å²) in [4.78, 5) is 0. The van der Waals surface area contributed by atoms with Crippen molar-refractivity contribution in [2.24, 2.45) is 5.92 Å². The van der Waals surface area contributed by atoms with Crippen molar-refractivity contribution in [3.05, 3.63) is 34.9 Å². The van der Waals surface area contributed by atoms with Gasteiger partial charge >= 0.3 is 0 Å². The zero-order chi connectivity index (χ0) is 12.1. The lowest BCUT2D eigenvalue weighted by Gasteiger charge is -2.27. The predicted octanol–water partition coefficient (Wildman–Crippen LogP) is 2.63. The number of hydrogen-bond acceptors (Lipinski definition) is 2. The van der Waals surface area contributed by atoms with Crippen LogP contribution in [0.15, 0.2) is 24.3 Å². The first-order valence-corrected chi connectivity index (χ1v) is 6.77. The molecule has 0 aromatic heterocycles. The summed E-state index contributed by atoms with van der Waals surface area (Å²) in [5.74, 6) is 0.457. The van der Waals surface area contributed by atoms with E-state index in [0.29, 0.717) is 5.92 Å². The molecule has 1 saturated heterocycles. The molecule has 0 bridgehead atoms. The lowest BCUT2D eigenvalue weighted by molar-refractivity contribution is 0.0813. The lowest BCUT2D eigenvalue weighted by atomic mass is 9.89. The van der Waals surface area contributed by atoms with Crippen LogP contribution in [0.5, 0.6) is 0 Å². The van der Waals surface area contributed by atoms with Crippen molar-refractivity contribution in [1.82, 2.24) is 5.32 Å². The van der Waals surface area contributed by atoms with Gasteiger partial charge in [-0.3, -0.25) is 0 Å². The number of benzene rings is 1. The second-order valence-corrected chi connectivity index (χ2v) is 5.19. The van der Waals surface area contributed by atoms with Gasteiger partial charge in [0, 0.05) is 5.02 Å². The van der Waals surface area contributed by atoms with E-state index >= 15 is 0 Å². The molecule has 1 aromatic rings. The maximum atomic E-state index is 10.2. The van der Waals surface area contributed by atoms with E-state index in [4.69, 9.17) is 11.6 Å². The highest BCUT2D eigenvalue weighted by Gasteiger charge is 2.21. The minimum atomic E-state index is -0.187. The van der Waals surface area contributed by atoms with Gasteiger partial charge in [0.15, 0.2) is 0 Å². The zero-order valence-corrected chi connectivity index (χ0v) is 10.8. The van der Waals surface area contributed by atoms with Crippen LogP contribution in [0, 0.1) is 5.92 Å². The molecule has 0 radical (unpaired) electrons. The molecule has 17 heavy (non-hydrogen) atoms. The lowest BCUT2D eigenvalue weighted by Crippen LogP contribution is -2.34. The Hall–Kier alpha value is -0.570. The summed E-state index contributed by atoms with van der Waals surface area (Å²) >= 11 is 6.10. The highest BCUT2D eigenvalue weighted by Crippen LogP contribution is 2.22. The molecule has 0 amide bonds. The van der Waals surface area contributed by atoms with Crippen molar-refractivity contribution in [2.45, 2.75) is 31.8 Å². The standard InChI is InChI=1S/C14H20ClNO/c15-13-4-2-1-3-11(13)5-6-14(17)12-7-9-16-10-8-12/h1-4,12,14,16-17H,5-10H2. The Morgan fingerprint density at radius 3 is 2.71 bits per heavy atom. The van der Waals surface area contributed by atoms with Crippen molar-refractivity contribution in [3.63, 3.8) is 0 Å². The number of hydrogen-bond donors (Lipinski definition) is 2. The highest BCUT2D eigenvalue weighted by molar-refractivity contribution is 6.31. The van der Waals surface area contributed by atoms with E-state index in [-0.39, 0.29) is 6.10 Å². The van der Waals surface area contributed by atoms with E-state index in [1.807, 2.05) is 24.3 Å². The van der Waals surface area contributed by atoms with Gasteiger partial charge in [-0.15, -0.1) is 0 Å². The summed E-state index contributed by atoms with van der Waals surface area (Å²) in [6.07, 6.45) is 3.67. The number of piperidine rings is 1. The number of halogens is 1. The van der Waals surface area contributed by atoms with E-state index in [9.17, 15) is 5.11 Å². The first-order valence-electron chi connectivity index (χ1n) is 6.39. The number of aliphatic hydroxyl groups is 1. The molecule has 0 spiro atoms. The van der Waals surface area contributed by atoms with Gasteiger partial charge in [-0.05, 0) is 56.3 Å². The first-order chi connectivity index (χ1) is 8.27. The molecule has 1 aliphatic heterocycles. The van der Waals surface area contributed by atoms with Crippen LogP contribution in [0.2, 0.25) is 5.02 Å². The molecule has 1 aliphatic rings. The van der Waals surface area contributed by atoms with E-state index in [1.54, 1.807) is 0 Å². The summed E-state index contributed by atoms with van der Waals surface area (Å²) in [7, 11) is 0. The Labute approximate surface area is 108 Å². The molecule has 2 rings (SSSR count). The Kier molecular flexibility index (Phi) is 4.84. The van der Waals surface area contributed by atoms with Gasteiger partial charge in [0.25, 0.3) is 0 Å². The SMILES string of the molecule is OC(CCc1ccccc1Cl)C1CCNCC1. The fourth-order valence-corrected chi connectivity index (χ4v) is 2.70. The molecule has 2 N–H and O–H groups in total. The van der Waals surface area contributed by atoms with Gasteiger partial charge in [-0.2, -0.15) is 0 Å². The van der Waals surface area contributed by atoms with Crippen molar-refractivity contribution >= 4 is 11.6 Å². The van der Waals surface area contributed by atoms with Crippen molar-refractivity contribution in [1.29, 1.82) is 0 Å². The van der Waals surface area contributed by atoms with E-state index in [1.165, 1.54) is 0 Å². The average Bonchev–Trinajstić information content (AvgIpc) is 2.38. The van der Waals surface area contributed by atoms with Gasteiger partial charge in [-0.1, -0.05) is 29.8 Å². The van der Waals surface area contributed by atoms with E-state index in [0.717, 1.165) is 49.4 Å². The minimum absolute atomic E-state index is 0.187. The summed E-state index contributed by atoms with van der Waals surface area (Å²) in [6, 6.07) is 7.89. The Morgan fingerprint density at radius 2 is 2.00 bits per heavy atom. The molecule has 94 valence electrons. The summed E-state index contributed by atoms with van der Waals surface area (Å²) in [5, 5.41) is 14.3. The molecule has 1 heterocycles. The van der Waals surface area contributed by atoms with Crippen LogP contribution in [-0.4, -0.2) is 24.3 Å². The molecule has 1 aromatic carbocycles. The van der Waals surface area contributed by atoms with E-state index < -0.39 is 0 Å². The largest absolute Gasteiger partial charge is 0.393 e. The molecule has 0 saturated carbocycles. The molecular formula is C14H20ClNO.